The summed E-state index contributed by atoms with van der Waals surface area (Å²) in [6.45, 7) is 4.25. The first-order valence-electron chi connectivity index (χ1n) is 7.07. The summed E-state index contributed by atoms with van der Waals surface area (Å²) in [5.41, 5.74) is 2.09. The molecule has 1 aliphatic heterocycles. The summed E-state index contributed by atoms with van der Waals surface area (Å²) in [6.07, 6.45) is 0.635. The van der Waals surface area contributed by atoms with Crippen molar-refractivity contribution in [1.29, 1.82) is 0 Å². The Hall–Kier alpha value is -1.64. The summed E-state index contributed by atoms with van der Waals surface area (Å²) in [6, 6.07) is 20.5. The first-order valence-corrected chi connectivity index (χ1v) is 7.07. The second-order valence-electron chi connectivity index (χ2n) is 5.86. The predicted octanol–water partition coefficient (Wildman–Crippen LogP) is 4.64. The summed E-state index contributed by atoms with van der Waals surface area (Å²) in [5.74, 6) is 0. The molecule has 1 heterocycles. The van der Waals surface area contributed by atoms with Crippen molar-refractivity contribution in [2.24, 2.45) is 0 Å². The monoisotopic (exact) mass is 268 g/mol. The van der Waals surface area contributed by atoms with Crippen LogP contribution >= 0.6 is 0 Å². The van der Waals surface area contributed by atoms with Crippen LogP contribution in [0.1, 0.15) is 43.8 Å². The van der Waals surface area contributed by atoms with Crippen LogP contribution in [0, 0.1) is 0 Å². The Balaban J connectivity index is 1.87. The molecule has 104 valence electrons. The zero-order valence-corrected chi connectivity index (χ0v) is 12.0. The van der Waals surface area contributed by atoms with E-state index < -0.39 is 0 Å². The van der Waals surface area contributed by atoms with Gasteiger partial charge in [-0.05, 0) is 19.4 Å². The molecule has 3 rings (SSSR count). The van der Waals surface area contributed by atoms with Crippen LogP contribution in [-0.4, -0.2) is 5.60 Å². The lowest BCUT2D eigenvalue weighted by molar-refractivity contribution is -0.280. The van der Waals surface area contributed by atoms with Crippen LogP contribution in [-0.2, 0) is 9.47 Å². The van der Waals surface area contributed by atoms with Gasteiger partial charge in [-0.25, -0.2) is 0 Å². The van der Waals surface area contributed by atoms with Crippen LogP contribution in [0.4, 0.5) is 0 Å². The molecule has 2 atom stereocenters. The molecule has 1 fully saturated rings. The molecule has 2 unspecified atom stereocenters. The standard InChI is InChI=1S/C18H20O2/c1-18(2)13-16(14-9-5-3-6-10-14)19-17(20-18)15-11-7-4-8-12-15/h3-12,16-17H,13H2,1-2H3. The minimum absolute atomic E-state index is 0.0742. The lowest BCUT2D eigenvalue weighted by Crippen LogP contribution is -2.36. The molecule has 0 amide bonds. The van der Waals surface area contributed by atoms with Crippen LogP contribution in [0.3, 0.4) is 0 Å². The van der Waals surface area contributed by atoms with Gasteiger partial charge in [-0.2, -0.15) is 0 Å². The maximum Gasteiger partial charge on any atom is 0.185 e. The van der Waals surface area contributed by atoms with Gasteiger partial charge in [-0.1, -0.05) is 60.7 Å². The van der Waals surface area contributed by atoms with E-state index >= 15 is 0 Å². The minimum atomic E-state index is -0.301. The Morgan fingerprint density at radius 1 is 0.850 bits per heavy atom. The zero-order valence-electron chi connectivity index (χ0n) is 12.0. The highest BCUT2D eigenvalue weighted by molar-refractivity contribution is 5.21. The second-order valence-corrected chi connectivity index (χ2v) is 5.86. The van der Waals surface area contributed by atoms with Crippen molar-refractivity contribution in [2.75, 3.05) is 0 Å². The number of rotatable bonds is 2. The van der Waals surface area contributed by atoms with E-state index in [1.54, 1.807) is 0 Å². The Morgan fingerprint density at radius 3 is 2.00 bits per heavy atom. The average Bonchev–Trinajstić information content (AvgIpc) is 2.47. The topological polar surface area (TPSA) is 18.5 Å². The fraction of sp³-hybridized carbons (Fsp3) is 0.333. The molecule has 2 nitrogen and oxygen atoms in total. The summed E-state index contributed by atoms with van der Waals surface area (Å²) < 4.78 is 12.3. The second kappa shape index (κ2) is 5.39. The van der Waals surface area contributed by atoms with Crippen LogP contribution in [0.25, 0.3) is 0 Å². The van der Waals surface area contributed by atoms with E-state index in [9.17, 15) is 0 Å². The number of ether oxygens (including phenoxy) is 2. The molecule has 2 aromatic rings. The molecule has 0 aliphatic carbocycles. The summed E-state index contributed by atoms with van der Waals surface area (Å²) >= 11 is 0. The van der Waals surface area contributed by atoms with Gasteiger partial charge in [0.25, 0.3) is 0 Å². The summed E-state index contributed by atoms with van der Waals surface area (Å²) in [4.78, 5) is 0. The average molecular weight is 268 g/mol. The van der Waals surface area contributed by atoms with Crippen LogP contribution in [0.5, 0.6) is 0 Å². The predicted molar refractivity (Wildman–Crippen MR) is 79.2 cm³/mol. The van der Waals surface area contributed by atoms with Gasteiger partial charge in [0.1, 0.15) is 0 Å². The molecule has 0 spiro atoms. The van der Waals surface area contributed by atoms with Crippen LogP contribution < -0.4 is 0 Å². The van der Waals surface area contributed by atoms with E-state index in [0.29, 0.717) is 0 Å². The smallest absolute Gasteiger partial charge is 0.185 e. The van der Waals surface area contributed by atoms with Gasteiger partial charge in [0, 0.05) is 12.0 Å². The van der Waals surface area contributed by atoms with Crippen molar-refractivity contribution >= 4 is 0 Å². The molecule has 20 heavy (non-hydrogen) atoms. The molecule has 0 bridgehead atoms. The van der Waals surface area contributed by atoms with E-state index in [4.69, 9.17) is 9.47 Å². The maximum absolute atomic E-state index is 6.17. The van der Waals surface area contributed by atoms with Gasteiger partial charge < -0.3 is 9.47 Å². The highest BCUT2D eigenvalue weighted by Gasteiger charge is 2.36. The lowest BCUT2D eigenvalue weighted by Gasteiger charge is -2.41. The van der Waals surface area contributed by atoms with Gasteiger partial charge in [-0.15, -0.1) is 0 Å². The Kier molecular flexibility index (Phi) is 3.60. The quantitative estimate of drug-likeness (QED) is 0.789. The molecular formula is C18H20O2. The van der Waals surface area contributed by atoms with Crippen molar-refractivity contribution in [3.05, 3.63) is 71.8 Å². The third kappa shape index (κ3) is 2.92. The number of hydrogen-bond acceptors (Lipinski definition) is 2. The number of benzene rings is 2. The highest BCUT2D eigenvalue weighted by Crippen LogP contribution is 2.42. The molecule has 0 aromatic heterocycles. The third-order valence-corrected chi connectivity index (χ3v) is 3.63. The molecule has 1 saturated heterocycles. The van der Waals surface area contributed by atoms with Gasteiger partial charge >= 0.3 is 0 Å². The molecule has 0 saturated carbocycles. The first-order chi connectivity index (χ1) is 9.64. The fourth-order valence-electron chi connectivity index (χ4n) is 2.63. The van der Waals surface area contributed by atoms with Gasteiger partial charge in [0.2, 0.25) is 0 Å². The molecular weight excluding hydrogens is 248 g/mol. The van der Waals surface area contributed by atoms with Gasteiger partial charge in [-0.3, -0.25) is 0 Å². The summed E-state index contributed by atoms with van der Waals surface area (Å²) in [5, 5.41) is 0. The SMILES string of the molecule is CC1(C)CC(c2ccccc2)OC(c2ccccc2)O1. The van der Waals surface area contributed by atoms with Crippen LogP contribution in [0.15, 0.2) is 60.7 Å². The highest BCUT2D eigenvalue weighted by atomic mass is 16.7. The maximum atomic E-state index is 6.17. The lowest BCUT2D eigenvalue weighted by atomic mass is 9.94. The Morgan fingerprint density at radius 2 is 1.40 bits per heavy atom. The Bertz CT molecular complexity index is 499. The largest absolute Gasteiger partial charge is 0.342 e. The van der Waals surface area contributed by atoms with E-state index in [2.05, 4.69) is 38.1 Å². The van der Waals surface area contributed by atoms with E-state index in [0.717, 1.165) is 12.0 Å². The van der Waals surface area contributed by atoms with Crippen molar-refractivity contribution in [3.63, 3.8) is 0 Å². The van der Waals surface area contributed by atoms with E-state index in [1.165, 1.54) is 5.56 Å². The third-order valence-electron chi connectivity index (χ3n) is 3.63. The van der Waals surface area contributed by atoms with E-state index in [-0.39, 0.29) is 18.0 Å². The molecule has 2 heteroatoms. The minimum Gasteiger partial charge on any atom is -0.342 e. The van der Waals surface area contributed by atoms with E-state index in [1.807, 2.05) is 36.4 Å². The van der Waals surface area contributed by atoms with Crippen LogP contribution in [0.2, 0.25) is 0 Å². The molecule has 1 aliphatic rings. The number of hydrogen-bond donors (Lipinski definition) is 0. The fourth-order valence-corrected chi connectivity index (χ4v) is 2.63. The zero-order chi connectivity index (χ0) is 14.0. The van der Waals surface area contributed by atoms with Crippen molar-refractivity contribution in [2.45, 2.75) is 38.3 Å². The molecule has 0 N–H and O–H groups in total. The normalized spacial score (nSPS) is 25.3. The first kappa shape index (κ1) is 13.3. The molecule has 0 radical (unpaired) electrons. The van der Waals surface area contributed by atoms with Crippen molar-refractivity contribution in [1.82, 2.24) is 0 Å². The Labute approximate surface area is 120 Å². The summed E-state index contributed by atoms with van der Waals surface area (Å²) in [7, 11) is 0. The van der Waals surface area contributed by atoms with Crippen molar-refractivity contribution < 1.29 is 9.47 Å². The van der Waals surface area contributed by atoms with Gasteiger partial charge in [0.05, 0.1) is 11.7 Å². The van der Waals surface area contributed by atoms with Gasteiger partial charge in [0.15, 0.2) is 6.29 Å². The molecule has 2 aromatic carbocycles. The van der Waals surface area contributed by atoms with Crippen molar-refractivity contribution in [3.8, 4) is 0 Å².